The van der Waals surface area contributed by atoms with E-state index in [-0.39, 0.29) is 0 Å². The number of rotatable bonds is 5. The molecule has 1 N–H and O–H groups in total. The molecule has 1 aromatic rings. The highest BCUT2D eigenvalue weighted by Gasteiger charge is 2.43. The Hall–Kier alpha value is -1.16. The quantitative estimate of drug-likeness (QED) is 0.896. The maximum atomic E-state index is 5.98. The summed E-state index contributed by atoms with van der Waals surface area (Å²) < 4.78 is 5.98. The van der Waals surface area contributed by atoms with Crippen LogP contribution in [0.3, 0.4) is 0 Å². The molecule has 0 saturated carbocycles. The Bertz CT molecular complexity index is 515. The van der Waals surface area contributed by atoms with Gasteiger partial charge < -0.3 is 10.1 Å². The number of fused-ring (bicyclic) bond motifs is 2. The van der Waals surface area contributed by atoms with Gasteiger partial charge in [0.25, 0.3) is 0 Å². The molecule has 0 aliphatic carbocycles. The highest BCUT2D eigenvalue weighted by atomic mass is 16.5. The van der Waals surface area contributed by atoms with Gasteiger partial charge in [-0.2, -0.15) is 0 Å². The first kappa shape index (κ1) is 14.8. The van der Waals surface area contributed by atoms with E-state index in [0.717, 1.165) is 36.7 Å². The van der Waals surface area contributed by atoms with E-state index in [1.54, 1.807) is 0 Å². The molecule has 2 bridgehead atoms. The van der Waals surface area contributed by atoms with Gasteiger partial charge in [-0.05, 0) is 38.5 Å². The van der Waals surface area contributed by atoms with Crippen LogP contribution in [0.25, 0.3) is 0 Å². The van der Waals surface area contributed by atoms with E-state index >= 15 is 0 Å². The van der Waals surface area contributed by atoms with Gasteiger partial charge in [-0.25, -0.2) is 9.97 Å². The fourth-order valence-corrected chi connectivity index (χ4v) is 3.75. The van der Waals surface area contributed by atoms with E-state index in [1.807, 2.05) is 0 Å². The third-order valence-electron chi connectivity index (χ3n) is 4.71. The Kier molecular flexibility index (Phi) is 4.16. The molecule has 3 rings (SSSR count). The Labute approximate surface area is 127 Å². The van der Waals surface area contributed by atoms with Crippen molar-refractivity contribution < 1.29 is 4.74 Å². The van der Waals surface area contributed by atoms with Gasteiger partial charge in [0, 0.05) is 23.7 Å². The zero-order valence-electron chi connectivity index (χ0n) is 13.6. The highest BCUT2D eigenvalue weighted by molar-refractivity contribution is 5.48. The molecule has 3 unspecified atom stereocenters. The monoisotopic (exact) mass is 289 g/mol. The number of ether oxygens (including phenoxy) is 1. The molecule has 3 heterocycles. The van der Waals surface area contributed by atoms with Crippen molar-refractivity contribution in [2.24, 2.45) is 0 Å². The van der Waals surface area contributed by atoms with Crippen LogP contribution >= 0.6 is 0 Å². The third-order valence-corrected chi connectivity index (χ3v) is 4.71. The third kappa shape index (κ3) is 2.78. The second-order valence-electron chi connectivity index (χ2n) is 6.73. The fourth-order valence-electron chi connectivity index (χ4n) is 3.75. The van der Waals surface area contributed by atoms with E-state index in [1.165, 1.54) is 18.4 Å². The summed E-state index contributed by atoms with van der Waals surface area (Å²) in [7, 11) is 0. The van der Waals surface area contributed by atoms with Crippen LogP contribution in [0.5, 0.6) is 0 Å². The summed E-state index contributed by atoms with van der Waals surface area (Å²) in [6, 6.07) is 0. The van der Waals surface area contributed by atoms with Crippen molar-refractivity contribution >= 4 is 5.82 Å². The second kappa shape index (κ2) is 5.91. The summed E-state index contributed by atoms with van der Waals surface area (Å²) in [5.74, 6) is 2.86. The lowest BCUT2D eigenvalue weighted by Crippen LogP contribution is -2.20. The molecule has 3 atom stereocenters. The molecular formula is C17H27N3O. The molecule has 2 fully saturated rings. The van der Waals surface area contributed by atoms with Crippen molar-refractivity contribution in [3.63, 3.8) is 0 Å². The Morgan fingerprint density at radius 3 is 2.67 bits per heavy atom. The first-order valence-corrected chi connectivity index (χ1v) is 8.37. The first-order chi connectivity index (χ1) is 10.1. The highest BCUT2D eigenvalue weighted by Crippen LogP contribution is 2.44. The number of nitrogens with one attached hydrogen (secondary N) is 1. The molecule has 0 amide bonds. The molecule has 2 aliphatic rings. The molecule has 0 spiro atoms. The SMILES string of the molecule is CCCNc1nc(C2CC3CCC2O3)nc(C)c1C(C)C. The molecule has 21 heavy (non-hydrogen) atoms. The van der Waals surface area contributed by atoms with Crippen molar-refractivity contribution in [3.8, 4) is 0 Å². The maximum Gasteiger partial charge on any atom is 0.136 e. The molecule has 0 radical (unpaired) electrons. The summed E-state index contributed by atoms with van der Waals surface area (Å²) in [5.41, 5.74) is 2.38. The van der Waals surface area contributed by atoms with Crippen LogP contribution in [0, 0.1) is 6.92 Å². The lowest BCUT2D eigenvalue weighted by Gasteiger charge is -2.22. The molecule has 2 aliphatic heterocycles. The molecule has 4 nitrogen and oxygen atoms in total. The van der Waals surface area contributed by atoms with Crippen molar-refractivity contribution in [3.05, 3.63) is 17.1 Å². The number of hydrogen-bond acceptors (Lipinski definition) is 4. The van der Waals surface area contributed by atoms with Gasteiger partial charge in [0.1, 0.15) is 11.6 Å². The normalized spacial score (nSPS) is 27.6. The van der Waals surface area contributed by atoms with Gasteiger partial charge in [-0.15, -0.1) is 0 Å². The standard InChI is InChI=1S/C17H27N3O/c1-5-8-18-17-15(10(2)3)11(4)19-16(20-17)13-9-12-6-7-14(13)21-12/h10,12-14H,5-9H2,1-4H3,(H,18,19,20). The summed E-state index contributed by atoms with van der Waals surface area (Å²) in [5, 5.41) is 3.50. The topological polar surface area (TPSA) is 47.0 Å². The van der Waals surface area contributed by atoms with E-state index in [0.29, 0.717) is 24.0 Å². The zero-order chi connectivity index (χ0) is 15.0. The Balaban J connectivity index is 1.93. The van der Waals surface area contributed by atoms with Crippen LogP contribution in [-0.4, -0.2) is 28.7 Å². The lowest BCUT2D eigenvalue weighted by molar-refractivity contribution is 0.0998. The number of anilines is 1. The minimum atomic E-state index is 0.346. The number of aromatic nitrogens is 2. The van der Waals surface area contributed by atoms with Crippen LogP contribution < -0.4 is 5.32 Å². The fraction of sp³-hybridized carbons (Fsp3) is 0.765. The van der Waals surface area contributed by atoms with Gasteiger partial charge in [0.15, 0.2) is 0 Å². The molecule has 116 valence electrons. The maximum absolute atomic E-state index is 5.98. The molecule has 4 heteroatoms. The zero-order valence-corrected chi connectivity index (χ0v) is 13.6. The van der Waals surface area contributed by atoms with Crippen LogP contribution in [0.15, 0.2) is 0 Å². The largest absolute Gasteiger partial charge is 0.374 e. The number of aryl methyl sites for hydroxylation is 1. The predicted octanol–water partition coefficient (Wildman–Crippen LogP) is 3.77. The molecular weight excluding hydrogens is 262 g/mol. The minimum Gasteiger partial charge on any atom is -0.374 e. The smallest absolute Gasteiger partial charge is 0.136 e. The van der Waals surface area contributed by atoms with E-state index < -0.39 is 0 Å². The summed E-state index contributed by atoms with van der Waals surface area (Å²) in [6.45, 7) is 9.68. The summed E-state index contributed by atoms with van der Waals surface area (Å²) in [6.07, 6.45) is 5.37. The van der Waals surface area contributed by atoms with E-state index in [4.69, 9.17) is 14.7 Å². The molecule has 0 aromatic carbocycles. The summed E-state index contributed by atoms with van der Waals surface area (Å²) in [4.78, 5) is 9.72. The first-order valence-electron chi connectivity index (χ1n) is 8.37. The van der Waals surface area contributed by atoms with Crippen molar-refractivity contribution in [2.45, 2.75) is 77.4 Å². The van der Waals surface area contributed by atoms with Crippen LogP contribution in [0.4, 0.5) is 5.82 Å². The van der Waals surface area contributed by atoms with Gasteiger partial charge in [-0.1, -0.05) is 20.8 Å². The van der Waals surface area contributed by atoms with Crippen molar-refractivity contribution in [1.29, 1.82) is 0 Å². The van der Waals surface area contributed by atoms with Crippen molar-refractivity contribution in [2.75, 3.05) is 11.9 Å². The number of nitrogens with zero attached hydrogens (tertiary/aromatic N) is 2. The van der Waals surface area contributed by atoms with E-state index in [2.05, 4.69) is 33.0 Å². The van der Waals surface area contributed by atoms with Crippen molar-refractivity contribution in [1.82, 2.24) is 9.97 Å². The molecule has 2 saturated heterocycles. The van der Waals surface area contributed by atoms with Crippen LogP contribution in [-0.2, 0) is 4.74 Å². The van der Waals surface area contributed by atoms with Crippen LogP contribution in [0.1, 0.15) is 75.4 Å². The number of hydrogen-bond donors (Lipinski definition) is 1. The average molecular weight is 289 g/mol. The predicted molar refractivity (Wildman–Crippen MR) is 84.9 cm³/mol. The van der Waals surface area contributed by atoms with Gasteiger partial charge in [0.05, 0.1) is 12.2 Å². The molecule has 1 aromatic heterocycles. The minimum absolute atomic E-state index is 0.346. The van der Waals surface area contributed by atoms with Gasteiger partial charge >= 0.3 is 0 Å². The Morgan fingerprint density at radius 1 is 1.29 bits per heavy atom. The van der Waals surface area contributed by atoms with Gasteiger partial charge in [-0.3, -0.25) is 0 Å². The lowest BCUT2D eigenvalue weighted by atomic mass is 9.88. The van der Waals surface area contributed by atoms with Crippen LogP contribution in [0.2, 0.25) is 0 Å². The Morgan fingerprint density at radius 2 is 2.10 bits per heavy atom. The average Bonchev–Trinajstić information content (AvgIpc) is 3.06. The van der Waals surface area contributed by atoms with Gasteiger partial charge in [0.2, 0.25) is 0 Å². The van der Waals surface area contributed by atoms with E-state index in [9.17, 15) is 0 Å². The summed E-state index contributed by atoms with van der Waals surface area (Å²) >= 11 is 0. The second-order valence-corrected chi connectivity index (χ2v) is 6.73.